The lowest BCUT2D eigenvalue weighted by atomic mass is 9.88. The number of ether oxygens (including phenoxy) is 3. The van der Waals surface area contributed by atoms with Crippen molar-refractivity contribution in [3.8, 4) is 11.8 Å². The highest BCUT2D eigenvalue weighted by Gasteiger charge is 2.63. The van der Waals surface area contributed by atoms with Crippen LogP contribution in [0.2, 0.25) is 5.02 Å². The molecule has 3 heterocycles. The number of rotatable bonds is 10. The van der Waals surface area contributed by atoms with Gasteiger partial charge >= 0.3 is 6.09 Å². The fourth-order valence-corrected chi connectivity index (χ4v) is 10.9. The van der Waals surface area contributed by atoms with Crippen molar-refractivity contribution in [3.05, 3.63) is 41.4 Å². The highest BCUT2D eigenvalue weighted by atomic mass is 35.5. The second-order valence-electron chi connectivity index (χ2n) is 18.3. The lowest BCUT2D eigenvalue weighted by molar-refractivity contribution is -0.142. The van der Waals surface area contributed by atoms with Crippen molar-refractivity contribution in [2.75, 3.05) is 13.2 Å². The monoisotopic (exact) mass is 853 g/mol. The third-order valence-electron chi connectivity index (χ3n) is 13.5. The zero-order chi connectivity index (χ0) is 41.9. The van der Waals surface area contributed by atoms with Crippen molar-refractivity contribution in [3.63, 3.8) is 0 Å². The third kappa shape index (κ3) is 8.60. The van der Waals surface area contributed by atoms with Gasteiger partial charge in [-0.1, -0.05) is 50.6 Å². The van der Waals surface area contributed by atoms with Gasteiger partial charge in [-0.25, -0.2) is 13.2 Å². The number of sulfonamides is 1. The van der Waals surface area contributed by atoms with Gasteiger partial charge in [0, 0.05) is 34.2 Å². The summed E-state index contributed by atoms with van der Waals surface area (Å²) in [4.78, 5) is 63.3. The van der Waals surface area contributed by atoms with Crippen molar-refractivity contribution in [2.24, 2.45) is 29.6 Å². The highest BCUT2D eigenvalue weighted by Crippen LogP contribution is 2.52. The first kappa shape index (κ1) is 41.6. The molecule has 2 aromatic rings. The standard InChI is InChI=1S/C43H56ClN5O9S/c1-5-15-56-35-21-32-31(11-8-12-33(32)44)38(45-35)57-30-20-34-37(50)47-43(40(52)48-59(54,55)42(4)13-14-42)22-28(43)10-7-6-9-24(2)16-25(3)36(39(51)49(34)23-30)46-41(53)58-29-18-26-17-27(26)19-29/h7-8,10-12,21,24-30,34,36H,5-6,9,13-20,22-23H2,1-4H3,(H,46,53)(H,47,50)(H,48,52). The van der Waals surface area contributed by atoms with E-state index in [-0.39, 0.29) is 43.2 Å². The molecule has 3 N–H and O–H groups in total. The smallest absolute Gasteiger partial charge is 0.408 e. The topological polar surface area (TPSA) is 182 Å². The van der Waals surface area contributed by atoms with E-state index in [4.69, 9.17) is 25.8 Å². The molecule has 14 nitrogen and oxygen atoms in total. The molecule has 0 spiro atoms. The molecule has 2 aliphatic heterocycles. The fraction of sp³-hybridized carbons (Fsp3) is 0.651. The van der Waals surface area contributed by atoms with Crippen molar-refractivity contribution < 1.29 is 41.8 Å². The number of hydrogen-bond donors (Lipinski definition) is 3. The lowest BCUT2D eigenvalue weighted by Crippen LogP contribution is -2.59. The van der Waals surface area contributed by atoms with E-state index in [1.807, 2.05) is 32.1 Å². The quantitative estimate of drug-likeness (QED) is 0.247. The molecule has 6 aliphatic rings. The first-order valence-corrected chi connectivity index (χ1v) is 23.2. The predicted octanol–water partition coefficient (Wildman–Crippen LogP) is 5.80. The van der Waals surface area contributed by atoms with Gasteiger partial charge in [0.2, 0.25) is 33.6 Å². The fourth-order valence-electron chi connectivity index (χ4n) is 9.38. The maximum atomic E-state index is 15.0. The molecule has 59 heavy (non-hydrogen) atoms. The van der Waals surface area contributed by atoms with Crippen LogP contribution in [0, 0.1) is 29.6 Å². The van der Waals surface area contributed by atoms with E-state index in [1.54, 1.807) is 25.1 Å². The SMILES string of the molecule is CCCOc1cc2c(Cl)cccc2c(OC2CC3C(=O)NC4(C(=O)NS(=O)(=O)C5(C)CC5)CC4C=CCCC(C)CC(C)C(NC(=O)OC4CC5CC5C4)C(=O)N3C2)n1. The summed E-state index contributed by atoms with van der Waals surface area (Å²) in [5, 5.41) is 7.59. The summed E-state index contributed by atoms with van der Waals surface area (Å²) in [6.45, 7) is 7.97. The summed E-state index contributed by atoms with van der Waals surface area (Å²) in [6.07, 6.45) is 8.93. The molecule has 9 unspecified atom stereocenters. The summed E-state index contributed by atoms with van der Waals surface area (Å²) in [5.74, 6) is -0.826. The van der Waals surface area contributed by atoms with E-state index >= 15 is 0 Å². The highest BCUT2D eigenvalue weighted by molar-refractivity contribution is 7.91. The van der Waals surface area contributed by atoms with Crippen molar-refractivity contribution >= 4 is 56.2 Å². The Morgan fingerprint density at radius 1 is 1.05 bits per heavy atom. The van der Waals surface area contributed by atoms with Crippen molar-refractivity contribution in [1.82, 2.24) is 25.2 Å². The van der Waals surface area contributed by atoms with Gasteiger partial charge in [-0.3, -0.25) is 19.1 Å². The minimum atomic E-state index is -4.01. The number of nitrogens with one attached hydrogen (secondary N) is 3. The Hall–Kier alpha value is -4.11. The number of benzene rings is 1. The molecule has 16 heteroatoms. The molecular weight excluding hydrogens is 798 g/mol. The molecule has 1 saturated heterocycles. The number of carbonyl (C=O) groups excluding carboxylic acids is 4. The molecule has 4 amide bonds. The Labute approximate surface area is 350 Å². The minimum Gasteiger partial charge on any atom is -0.478 e. The van der Waals surface area contributed by atoms with Crippen LogP contribution in [0.25, 0.3) is 10.8 Å². The number of halogens is 1. The van der Waals surface area contributed by atoms with Gasteiger partial charge in [0.05, 0.1) is 17.9 Å². The number of aromatic nitrogens is 1. The van der Waals surface area contributed by atoms with Gasteiger partial charge in [-0.15, -0.1) is 0 Å². The zero-order valence-corrected chi connectivity index (χ0v) is 35.8. The largest absolute Gasteiger partial charge is 0.478 e. The van der Waals surface area contributed by atoms with Gasteiger partial charge < -0.3 is 29.7 Å². The molecule has 9 atom stereocenters. The van der Waals surface area contributed by atoms with Gasteiger partial charge in [0.1, 0.15) is 29.8 Å². The van der Waals surface area contributed by atoms with Crippen LogP contribution in [-0.2, 0) is 29.1 Å². The molecular formula is C43H56ClN5O9S. The number of hydrogen-bond acceptors (Lipinski definition) is 10. The predicted molar refractivity (Wildman–Crippen MR) is 220 cm³/mol. The molecule has 0 bridgehead atoms. The van der Waals surface area contributed by atoms with Crippen LogP contribution in [0.15, 0.2) is 36.4 Å². The Balaban J connectivity index is 1.12. The van der Waals surface area contributed by atoms with Gasteiger partial charge in [0.15, 0.2) is 0 Å². The van der Waals surface area contributed by atoms with E-state index in [0.717, 1.165) is 25.7 Å². The number of nitrogens with zero attached hydrogens (tertiary/aromatic N) is 2. The average molecular weight is 854 g/mol. The summed E-state index contributed by atoms with van der Waals surface area (Å²) in [7, 11) is -4.01. The molecule has 8 rings (SSSR count). The van der Waals surface area contributed by atoms with Crippen LogP contribution in [0.4, 0.5) is 4.79 Å². The number of allylic oxidation sites excluding steroid dienone is 1. The Morgan fingerprint density at radius 3 is 2.54 bits per heavy atom. The summed E-state index contributed by atoms with van der Waals surface area (Å²) < 4.78 is 46.1. The maximum absolute atomic E-state index is 15.0. The lowest BCUT2D eigenvalue weighted by Gasteiger charge is -2.33. The van der Waals surface area contributed by atoms with Gasteiger partial charge in [0.25, 0.3) is 5.91 Å². The van der Waals surface area contributed by atoms with Gasteiger partial charge in [-0.2, -0.15) is 4.98 Å². The van der Waals surface area contributed by atoms with Crippen LogP contribution >= 0.6 is 11.6 Å². The Kier molecular flexibility index (Phi) is 11.3. The molecule has 1 aromatic carbocycles. The van der Waals surface area contributed by atoms with Crippen LogP contribution in [0.3, 0.4) is 0 Å². The minimum absolute atomic E-state index is 0.0166. The number of fused-ring (bicyclic) bond motifs is 4. The number of alkyl carbamates (subject to hydrolysis) is 1. The van der Waals surface area contributed by atoms with Crippen LogP contribution in [0.5, 0.6) is 11.8 Å². The maximum Gasteiger partial charge on any atom is 0.408 e. The molecule has 0 radical (unpaired) electrons. The molecule has 5 fully saturated rings. The van der Waals surface area contributed by atoms with Crippen LogP contribution in [-0.4, -0.2) is 89.8 Å². The van der Waals surface area contributed by atoms with E-state index < -0.39 is 68.2 Å². The first-order chi connectivity index (χ1) is 28.1. The van der Waals surface area contributed by atoms with Crippen molar-refractivity contribution in [1.29, 1.82) is 0 Å². The summed E-state index contributed by atoms with van der Waals surface area (Å²) >= 11 is 6.62. The number of amides is 4. The molecule has 320 valence electrons. The second kappa shape index (κ2) is 16.1. The Bertz CT molecular complexity index is 2140. The number of carbonyl (C=O) groups is 4. The van der Waals surface area contributed by atoms with Gasteiger partial charge in [-0.05, 0) is 107 Å². The average Bonchev–Trinajstić information content (AvgIpc) is 4.14. The van der Waals surface area contributed by atoms with E-state index in [2.05, 4.69) is 27.3 Å². The summed E-state index contributed by atoms with van der Waals surface area (Å²) in [6, 6.07) is 4.92. The molecule has 4 aliphatic carbocycles. The third-order valence-corrected chi connectivity index (χ3v) is 16.0. The van der Waals surface area contributed by atoms with E-state index in [0.29, 0.717) is 65.8 Å². The molecule has 1 aromatic heterocycles. The Morgan fingerprint density at radius 2 is 1.81 bits per heavy atom. The first-order valence-electron chi connectivity index (χ1n) is 21.3. The second-order valence-corrected chi connectivity index (χ2v) is 20.9. The van der Waals surface area contributed by atoms with Crippen LogP contribution in [0.1, 0.15) is 98.3 Å². The van der Waals surface area contributed by atoms with E-state index in [9.17, 15) is 27.6 Å². The zero-order valence-electron chi connectivity index (χ0n) is 34.2. The molecule has 4 saturated carbocycles. The number of pyridine rings is 1. The van der Waals surface area contributed by atoms with Crippen LogP contribution < -0.4 is 24.8 Å². The van der Waals surface area contributed by atoms with Crippen molar-refractivity contribution in [2.45, 2.75) is 133 Å². The van der Waals surface area contributed by atoms with E-state index in [1.165, 1.54) is 11.3 Å². The summed E-state index contributed by atoms with van der Waals surface area (Å²) in [5.41, 5.74) is -1.54. The normalized spacial score (nSPS) is 33.6.